The van der Waals surface area contributed by atoms with Gasteiger partial charge in [-0.1, -0.05) is 6.92 Å². The van der Waals surface area contributed by atoms with Gasteiger partial charge in [0.05, 0.1) is 5.60 Å². The molecule has 0 bridgehead atoms. The highest BCUT2D eigenvalue weighted by Gasteiger charge is 2.19. The maximum Gasteiger partial charge on any atom is 0.267 e. The Balaban J connectivity index is 2.55. The van der Waals surface area contributed by atoms with Crippen LogP contribution < -0.4 is 5.32 Å². The number of aryl methyl sites for hydroxylation is 1. The standard InChI is InChI=1S/C11H18N2O2/c1-4-11(2,15)8-12-10(14)9-6-5-7-13(9)3/h5-7,15H,4,8H2,1-3H3,(H,12,14). The molecule has 0 fully saturated rings. The van der Waals surface area contributed by atoms with Crippen molar-refractivity contribution in [2.24, 2.45) is 7.05 Å². The van der Waals surface area contributed by atoms with Crippen LogP contribution in [0.15, 0.2) is 18.3 Å². The first-order chi connectivity index (χ1) is 6.96. The third-order valence-electron chi connectivity index (χ3n) is 2.57. The van der Waals surface area contributed by atoms with Gasteiger partial charge in [0.1, 0.15) is 5.69 Å². The van der Waals surface area contributed by atoms with E-state index in [9.17, 15) is 9.90 Å². The van der Waals surface area contributed by atoms with Gasteiger partial charge >= 0.3 is 0 Å². The summed E-state index contributed by atoms with van der Waals surface area (Å²) in [6, 6.07) is 3.56. The van der Waals surface area contributed by atoms with Crippen LogP contribution in [0.4, 0.5) is 0 Å². The molecule has 0 aliphatic heterocycles. The normalized spacial score (nSPS) is 14.7. The molecular weight excluding hydrogens is 192 g/mol. The SMILES string of the molecule is CCC(C)(O)CNC(=O)c1cccn1C. The van der Waals surface area contributed by atoms with Crippen LogP contribution in [-0.2, 0) is 7.05 Å². The molecule has 0 saturated carbocycles. The molecule has 1 amide bonds. The molecule has 0 aliphatic carbocycles. The fourth-order valence-electron chi connectivity index (χ4n) is 1.18. The Morgan fingerprint density at radius 1 is 1.67 bits per heavy atom. The number of nitrogens with zero attached hydrogens (tertiary/aromatic N) is 1. The van der Waals surface area contributed by atoms with Gasteiger partial charge < -0.3 is 15.0 Å². The summed E-state index contributed by atoms with van der Waals surface area (Å²) in [6.45, 7) is 3.86. The summed E-state index contributed by atoms with van der Waals surface area (Å²) >= 11 is 0. The Labute approximate surface area is 89.9 Å². The average molecular weight is 210 g/mol. The first kappa shape index (κ1) is 11.8. The van der Waals surface area contributed by atoms with Crippen molar-refractivity contribution in [1.29, 1.82) is 0 Å². The van der Waals surface area contributed by atoms with Gasteiger partial charge in [0.15, 0.2) is 0 Å². The van der Waals surface area contributed by atoms with Crippen LogP contribution in [-0.4, -0.2) is 27.7 Å². The van der Waals surface area contributed by atoms with E-state index in [2.05, 4.69) is 5.32 Å². The Bertz CT molecular complexity index is 342. The molecule has 0 spiro atoms. The second-order valence-electron chi connectivity index (χ2n) is 4.04. The summed E-state index contributed by atoms with van der Waals surface area (Å²) in [7, 11) is 1.81. The maximum absolute atomic E-state index is 11.6. The van der Waals surface area contributed by atoms with Gasteiger partial charge in [-0.15, -0.1) is 0 Å². The van der Waals surface area contributed by atoms with Crippen LogP contribution in [0.3, 0.4) is 0 Å². The maximum atomic E-state index is 11.6. The molecule has 1 rings (SSSR count). The number of nitrogens with one attached hydrogen (secondary N) is 1. The summed E-state index contributed by atoms with van der Waals surface area (Å²) in [5.41, 5.74) is -0.234. The highest BCUT2D eigenvalue weighted by molar-refractivity contribution is 5.92. The lowest BCUT2D eigenvalue weighted by molar-refractivity contribution is 0.0516. The van der Waals surface area contributed by atoms with Gasteiger partial charge in [-0.3, -0.25) is 4.79 Å². The van der Waals surface area contributed by atoms with Crippen LogP contribution >= 0.6 is 0 Å². The van der Waals surface area contributed by atoms with Crippen LogP contribution in [0.25, 0.3) is 0 Å². The molecule has 4 heteroatoms. The third kappa shape index (κ3) is 3.09. The smallest absolute Gasteiger partial charge is 0.267 e. The second kappa shape index (κ2) is 4.49. The van der Waals surface area contributed by atoms with E-state index >= 15 is 0 Å². The molecular formula is C11H18N2O2. The monoisotopic (exact) mass is 210 g/mol. The van der Waals surface area contributed by atoms with E-state index in [1.807, 2.05) is 26.2 Å². The van der Waals surface area contributed by atoms with Crippen molar-refractivity contribution in [2.75, 3.05) is 6.54 Å². The van der Waals surface area contributed by atoms with Gasteiger partial charge in [-0.2, -0.15) is 0 Å². The molecule has 0 saturated heterocycles. The van der Waals surface area contributed by atoms with E-state index in [1.54, 1.807) is 17.6 Å². The van der Waals surface area contributed by atoms with Crippen molar-refractivity contribution in [3.05, 3.63) is 24.0 Å². The van der Waals surface area contributed by atoms with Crippen molar-refractivity contribution >= 4 is 5.91 Å². The summed E-state index contributed by atoms with van der Waals surface area (Å²) in [4.78, 5) is 11.6. The van der Waals surface area contributed by atoms with E-state index in [0.717, 1.165) is 0 Å². The van der Waals surface area contributed by atoms with Crippen LogP contribution in [0.2, 0.25) is 0 Å². The molecule has 84 valence electrons. The minimum absolute atomic E-state index is 0.156. The first-order valence-electron chi connectivity index (χ1n) is 5.08. The lowest BCUT2D eigenvalue weighted by Gasteiger charge is -2.21. The molecule has 1 aromatic heterocycles. The minimum Gasteiger partial charge on any atom is -0.388 e. The predicted octanol–water partition coefficient (Wildman–Crippen LogP) is 0.916. The lowest BCUT2D eigenvalue weighted by atomic mass is 10.0. The molecule has 2 N–H and O–H groups in total. The number of aromatic nitrogens is 1. The number of hydrogen-bond acceptors (Lipinski definition) is 2. The summed E-state index contributed by atoms with van der Waals surface area (Å²) < 4.78 is 1.75. The van der Waals surface area contributed by atoms with E-state index < -0.39 is 5.60 Å². The number of hydrogen-bond donors (Lipinski definition) is 2. The molecule has 1 heterocycles. The van der Waals surface area contributed by atoms with Crippen molar-refractivity contribution < 1.29 is 9.90 Å². The predicted molar refractivity (Wildman–Crippen MR) is 58.7 cm³/mol. The van der Waals surface area contributed by atoms with Gasteiger partial charge in [0.25, 0.3) is 5.91 Å². The highest BCUT2D eigenvalue weighted by Crippen LogP contribution is 2.07. The number of carbonyl (C=O) groups excluding carboxylic acids is 1. The Kier molecular flexibility index (Phi) is 3.52. The van der Waals surface area contributed by atoms with E-state index in [-0.39, 0.29) is 12.5 Å². The topological polar surface area (TPSA) is 54.3 Å². The Morgan fingerprint density at radius 2 is 2.33 bits per heavy atom. The minimum atomic E-state index is -0.833. The third-order valence-corrected chi connectivity index (χ3v) is 2.57. The Morgan fingerprint density at radius 3 is 2.80 bits per heavy atom. The van der Waals surface area contributed by atoms with Crippen LogP contribution in [0, 0.1) is 0 Å². The molecule has 0 aromatic carbocycles. The average Bonchev–Trinajstić information content (AvgIpc) is 2.61. The molecule has 4 nitrogen and oxygen atoms in total. The van der Waals surface area contributed by atoms with Gasteiger partial charge in [0, 0.05) is 19.8 Å². The highest BCUT2D eigenvalue weighted by atomic mass is 16.3. The van der Waals surface area contributed by atoms with Crippen molar-refractivity contribution in [2.45, 2.75) is 25.9 Å². The molecule has 15 heavy (non-hydrogen) atoms. The van der Waals surface area contributed by atoms with E-state index in [4.69, 9.17) is 0 Å². The Hall–Kier alpha value is -1.29. The molecule has 1 aromatic rings. The second-order valence-corrected chi connectivity index (χ2v) is 4.04. The summed E-state index contributed by atoms with van der Waals surface area (Å²) in [5, 5.41) is 12.4. The molecule has 1 atom stereocenters. The molecule has 0 aliphatic rings. The molecule has 1 unspecified atom stereocenters. The summed E-state index contributed by atoms with van der Waals surface area (Å²) in [5.74, 6) is -0.156. The largest absolute Gasteiger partial charge is 0.388 e. The fourth-order valence-corrected chi connectivity index (χ4v) is 1.18. The number of rotatable bonds is 4. The van der Waals surface area contributed by atoms with Crippen LogP contribution in [0.1, 0.15) is 30.8 Å². The van der Waals surface area contributed by atoms with Gasteiger partial charge in [0.2, 0.25) is 0 Å². The number of carbonyl (C=O) groups is 1. The van der Waals surface area contributed by atoms with Crippen molar-refractivity contribution in [1.82, 2.24) is 9.88 Å². The van der Waals surface area contributed by atoms with E-state index in [1.165, 1.54) is 0 Å². The zero-order chi connectivity index (χ0) is 11.5. The van der Waals surface area contributed by atoms with Crippen molar-refractivity contribution in [3.8, 4) is 0 Å². The summed E-state index contributed by atoms with van der Waals surface area (Å²) in [6.07, 6.45) is 2.42. The van der Waals surface area contributed by atoms with Crippen molar-refractivity contribution in [3.63, 3.8) is 0 Å². The quantitative estimate of drug-likeness (QED) is 0.776. The van der Waals surface area contributed by atoms with E-state index in [0.29, 0.717) is 12.1 Å². The van der Waals surface area contributed by atoms with Crippen LogP contribution in [0.5, 0.6) is 0 Å². The zero-order valence-electron chi connectivity index (χ0n) is 9.45. The first-order valence-corrected chi connectivity index (χ1v) is 5.08. The van der Waals surface area contributed by atoms with Gasteiger partial charge in [-0.05, 0) is 25.5 Å². The van der Waals surface area contributed by atoms with Gasteiger partial charge in [-0.25, -0.2) is 0 Å². The molecule has 0 radical (unpaired) electrons. The zero-order valence-corrected chi connectivity index (χ0v) is 9.45. The number of aliphatic hydroxyl groups is 1. The number of amides is 1. The lowest BCUT2D eigenvalue weighted by Crippen LogP contribution is -2.40. The fraction of sp³-hybridized carbons (Fsp3) is 0.545.